The van der Waals surface area contributed by atoms with Crippen molar-refractivity contribution < 1.29 is 14.0 Å². The molecule has 0 aromatic carbocycles. The summed E-state index contributed by atoms with van der Waals surface area (Å²) in [5, 5.41) is 0. The highest BCUT2D eigenvalue weighted by Gasteiger charge is 2.68. The summed E-state index contributed by atoms with van der Waals surface area (Å²) in [6.07, 6.45) is 3.58. The second-order valence-electron chi connectivity index (χ2n) is 8.91. The van der Waals surface area contributed by atoms with Crippen LogP contribution in [0.1, 0.15) is 59.6 Å². The van der Waals surface area contributed by atoms with Crippen LogP contribution >= 0.6 is 23.2 Å². The van der Waals surface area contributed by atoms with E-state index in [4.69, 9.17) is 32.6 Å². The lowest BCUT2D eigenvalue weighted by Gasteiger charge is -2.34. The van der Waals surface area contributed by atoms with Gasteiger partial charge in [0.2, 0.25) is 5.91 Å². The fraction of sp³-hybridized carbons (Fsp3) is 0.522. The quantitative estimate of drug-likeness (QED) is 0.610. The molecule has 2 aromatic rings. The van der Waals surface area contributed by atoms with E-state index in [1.54, 1.807) is 18.2 Å². The number of carbonyl (C=O) groups excluding carboxylic acids is 2. The Morgan fingerprint density at radius 1 is 1.26 bits per heavy atom. The Balaban J connectivity index is 1.47. The third-order valence-corrected chi connectivity index (χ3v) is 7.61. The van der Waals surface area contributed by atoms with Gasteiger partial charge >= 0.3 is 0 Å². The van der Waals surface area contributed by atoms with Gasteiger partial charge in [-0.3, -0.25) is 14.6 Å². The van der Waals surface area contributed by atoms with Gasteiger partial charge < -0.3 is 14.2 Å². The molecule has 1 aliphatic carbocycles. The number of rotatable bonds is 5. The lowest BCUT2D eigenvalue weighted by molar-refractivity contribution is -0.137. The minimum atomic E-state index is -0.961. The average Bonchev–Trinajstić information content (AvgIpc) is 3.07. The smallest absolute Gasteiger partial charge is 0.255 e. The topological polar surface area (TPSA) is 66.7 Å². The van der Waals surface area contributed by atoms with E-state index in [1.807, 2.05) is 43.0 Å². The largest absolute Gasteiger partial charge is 0.467 e. The molecule has 6 nitrogen and oxygen atoms in total. The first-order valence-electron chi connectivity index (χ1n) is 10.5. The van der Waals surface area contributed by atoms with Gasteiger partial charge in [-0.25, -0.2) is 0 Å². The molecule has 0 spiro atoms. The van der Waals surface area contributed by atoms with Crippen molar-refractivity contribution in [2.75, 3.05) is 20.1 Å². The van der Waals surface area contributed by atoms with Crippen LogP contribution in [0.25, 0.3) is 0 Å². The number of aromatic nitrogens is 1. The number of amides is 2. The molecule has 0 N–H and O–H groups in total. The van der Waals surface area contributed by atoms with Gasteiger partial charge in [-0.1, -0.05) is 0 Å². The number of pyridine rings is 1. The number of aryl methyl sites for hydroxylation is 1. The Bertz CT molecular complexity index is 984. The van der Waals surface area contributed by atoms with Crippen molar-refractivity contribution >= 4 is 35.0 Å². The number of furan rings is 1. The summed E-state index contributed by atoms with van der Waals surface area (Å²) in [5.41, 5.74) is 1.60. The lowest BCUT2D eigenvalue weighted by atomic mass is 9.89. The van der Waals surface area contributed by atoms with E-state index in [0.717, 1.165) is 30.0 Å². The summed E-state index contributed by atoms with van der Waals surface area (Å²) in [5.74, 6) is 0.774. The van der Waals surface area contributed by atoms with Crippen LogP contribution in [0.2, 0.25) is 0 Å². The van der Waals surface area contributed by atoms with E-state index in [-0.39, 0.29) is 17.7 Å². The number of hydrogen-bond donors (Lipinski definition) is 0. The van der Waals surface area contributed by atoms with Crippen molar-refractivity contribution in [3.8, 4) is 0 Å². The second kappa shape index (κ2) is 8.14. The lowest BCUT2D eigenvalue weighted by Crippen LogP contribution is -2.43. The van der Waals surface area contributed by atoms with Gasteiger partial charge in [-0.15, -0.1) is 23.2 Å². The standard InChI is InChI=1S/C23H27Cl2N3O3/c1-15-6-7-18(20(29)27(3)13-17-5-4-12-31-17)19(26-15)16-8-10-28(11-9-16)21(30)22(2)14-23(22,24)25/h4-7,12,16H,8-11,13-14H2,1-3H3. The third-order valence-electron chi connectivity index (χ3n) is 6.51. The SMILES string of the molecule is Cc1ccc(C(=O)N(C)Cc2ccco2)c(C2CCN(C(=O)C3(C)CC3(Cl)Cl)CC2)n1. The second-order valence-corrected chi connectivity index (χ2v) is 10.4. The molecular formula is C23H27Cl2N3O3. The monoisotopic (exact) mass is 463 g/mol. The molecule has 1 saturated carbocycles. The molecule has 1 unspecified atom stereocenters. The van der Waals surface area contributed by atoms with Gasteiger partial charge in [0.1, 0.15) is 10.1 Å². The molecule has 0 bridgehead atoms. The van der Waals surface area contributed by atoms with Crippen LogP contribution in [-0.2, 0) is 11.3 Å². The van der Waals surface area contributed by atoms with Gasteiger partial charge in [0.15, 0.2) is 0 Å². The van der Waals surface area contributed by atoms with E-state index < -0.39 is 9.75 Å². The maximum atomic E-state index is 13.2. The first-order chi connectivity index (χ1) is 14.6. The summed E-state index contributed by atoms with van der Waals surface area (Å²) in [6.45, 7) is 5.36. The van der Waals surface area contributed by atoms with Crippen molar-refractivity contribution in [2.24, 2.45) is 5.41 Å². The number of halogens is 2. The molecule has 2 aromatic heterocycles. The van der Waals surface area contributed by atoms with Gasteiger partial charge in [-0.05, 0) is 57.4 Å². The molecule has 1 saturated heterocycles. The Kier molecular flexibility index (Phi) is 5.81. The number of alkyl halides is 2. The van der Waals surface area contributed by atoms with E-state index in [0.29, 0.717) is 31.6 Å². The first-order valence-corrected chi connectivity index (χ1v) is 11.3. The van der Waals surface area contributed by atoms with Crippen LogP contribution in [0, 0.1) is 12.3 Å². The molecule has 4 rings (SSSR count). The van der Waals surface area contributed by atoms with Gasteiger partial charge in [0.25, 0.3) is 5.91 Å². The molecule has 166 valence electrons. The number of likely N-dealkylation sites (tertiary alicyclic amines) is 1. The molecule has 2 fully saturated rings. The summed E-state index contributed by atoms with van der Waals surface area (Å²) in [4.78, 5) is 34.3. The van der Waals surface area contributed by atoms with Crippen LogP contribution < -0.4 is 0 Å². The fourth-order valence-corrected chi connectivity index (χ4v) is 5.02. The average molecular weight is 464 g/mol. The van der Waals surface area contributed by atoms with Gasteiger partial charge in [0, 0.05) is 31.7 Å². The summed E-state index contributed by atoms with van der Waals surface area (Å²) in [6, 6.07) is 7.38. The Labute approximate surface area is 192 Å². The van der Waals surface area contributed by atoms with E-state index in [9.17, 15) is 9.59 Å². The number of hydrogen-bond acceptors (Lipinski definition) is 4. The Hall–Kier alpha value is -2.05. The molecule has 1 aliphatic heterocycles. The van der Waals surface area contributed by atoms with E-state index >= 15 is 0 Å². The molecule has 1 atom stereocenters. The minimum Gasteiger partial charge on any atom is -0.467 e. The van der Waals surface area contributed by atoms with Gasteiger partial charge in [-0.2, -0.15) is 0 Å². The fourth-order valence-electron chi connectivity index (χ4n) is 4.32. The maximum absolute atomic E-state index is 13.2. The van der Waals surface area contributed by atoms with Crippen LogP contribution in [0.3, 0.4) is 0 Å². The maximum Gasteiger partial charge on any atom is 0.255 e. The highest BCUT2D eigenvalue weighted by Crippen LogP contribution is 2.64. The minimum absolute atomic E-state index is 0.0163. The normalized spacial score (nSPS) is 22.9. The molecule has 8 heteroatoms. The Morgan fingerprint density at radius 3 is 2.52 bits per heavy atom. The molecule has 31 heavy (non-hydrogen) atoms. The summed E-state index contributed by atoms with van der Waals surface area (Å²) < 4.78 is 4.41. The summed E-state index contributed by atoms with van der Waals surface area (Å²) >= 11 is 12.4. The molecule has 2 aliphatic rings. The van der Waals surface area contributed by atoms with Crippen LogP contribution in [0.15, 0.2) is 34.9 Å². The predicted octanol–water partition coefficient (Wildman–Crippen LogP) is 4.55. The number of piperidine rings is 1. The van der Waals surface area contributed by atoms with Crippen molar-refractivity contribution in [3.05, 3.63) is 53.2 Å². The highest BCUT2D eigenvalue weighted by molar-refractivity contribution is 6.53. The summed E-state index contributed by atoms with van der Waals surface area (Å²) in [7, 11) is 1.76. The van der Waals surface area contributed by atoms with Crippen LogP contribution in [0.4, 0.5) is 0 Å². The Morgan fingerprint density at radius 2 is 1.94 bits per heavy atom. The van der Waals surface area contributed by atoms with Crippen molar-refractivity contribution in [1.29, 1.82) is 0 Å². The number of nitrogens with zero attached hydrogens (tertiary/aromatic N) is 3. The zero-order valence-corrected chi connectivity index (χ0v) is 19.5. The highest BCUT2D eigenvalue weighted by atomic mass is 35.5. The third kappa shape index (κ3) is 4.20. The predicted molar refractivity (Wildman–Crippen MR) is 119 cm³/mol. The van der Waals surface area contributed by atoms with Crippen molar-refractivity contribution in [1.82, 2.24) is 14.8 Å². The van der Waals surface area contributed by atoms with Gasteiger partial charge in [0.05, 0.1) is 29.5 Å². The van der Waals surface area contributed by atoms with Crippen molar-refractivity contribution in [3.63, 3.8) is 0 Å². The zero-order chi connectivity index (χ0) is 22.4. The van der Waals surface area contributed by atoms with Crippen molar-refractivity contribution in [2.45, 2.75) is 49.9 Å². The zero-order valence-electron chi connectivity index (χ0n) is 18.0. The number of carbonyl (C=O) groups is 2. The van der Waals surface area contributed by atoms with Crippen LogP contribution in [-0.4, -0.2) is 51.1 Å². The van der Waals surface area contributed by atoms with Crippen LogP contribution in [0.5, 0.6) is 0 Å². The molecular weight excluding hydrogens is 437 g/mol. The molecule has 2 amide bonds. The molecule has 0 radical (unpaired) electrons. The first kappa shape index (κ1) is 22.2. The molecule has 3 heterocycles. The van der Waals surface area contributed by atoms with E-state index in [2.05, 4.69) is 0 Å². The van der Waals surface area contributed by atoms with E-state index in [1.165, 1.54) is 0 Å².